The zero-order valence-corrected chi connectivity index (χ0v) is 19.6. The Morgan fingerprint density at radius 3 is 2.53 bits per heavy atom. The fraction of sp³-hybridized carbons (Fsp3) is 0.963. The monoisotopic (exact) mass is 414 g/mol. The molecule has 3 heteroatoms. The lowest BCUT2D eigenvalue weighted by atomic mass is 9.44. The van der Waals surface area contributed by atoms with Gasteiger partial charge in [-0.05, 0) is 91.3 Å². The van der Waals surface area contributed by atoms with Crippen molar-refractivity contribution in [1.82, 2.24) is 0 Å². The van der Waals surface area contributed by atoms with Crippen LogP contribution in [0.25, 0.3) is 0 Å². The summed E-state index contributed by atoms with van der Waals surface area (Å²) in [7, 11) is 0. The van der Waals surface area contributed by atoms with Crippen molar-refractivity contribution in [2.45, 2.75) is 104 Å². The molecule has 6 rings (SSSR count). The Bertz CT molecular complexity index is 724. The van der Waals surface area contributed by atoms with Crippen LogP contribution in [-0.2, 0) is 14.3 Å². The molecule has 0 aromatic carbocycles. The van der Waals surface area contributed by atoms with Crippen molar-refractivity contribution in [3.05, 3.63) is 0 Å². The Hall–Kier alpha value is -0.410. The molecule has 0 bridgehead atoms. The molecule has 30 heavy (non-hydrogen) atoms. The Balaban J connectivity index is 1.26. The van der Waals surface area contributed by atoms with E-state index in [1.54, 1.807) is 0 Å². The molecular weight excluding hydrogens is 372 g/mol. The summed E-state index contributed by atoms with van der Waals surface area (Å²) in [5, 5.41) is 0. The number of hydrogen-bond donors (Lipinski definition) is 0. The molecule has 4 saturated carbocycles. The lowest BCUT2D eigenvalue weighted by Crippen LogP contribution is -2.54. The summed E-state index contributed by atoms with van der Waals surface area (Å²) in [6, 6.07) is 0. The topological polar surface area (TPSA) is 35.5 Å². The van der Waals surface area contributed by atoms with Crippen molar-refractivity contribution >= 4 is 5.78 Å². The van der Waals surface area contributed by atoms with Crippen LogP contribution in [0, 0.1) is 52.3 Å². The molecule has 6 fully saturated rings. The quantitative estimate of drug-likeness (QED) is 0.487. The first-order valence-electron chi connectivity index (χ1n) is 13.1. The van der Waals surface area contributed by atoms with Crippen LogP contribution in [0.15, 0.2) is 0 Å². The highest BCUT2D eigenvalue weighted by atomic mass is 16.7. The average molecular weight is 415 g/mol. The Morgan fingerprint density at radius 2 is 1.77 bits per heavy atom. The van der Waals surface area contributed by atoms with E-state index in [-0.39, 0.29) is 5.79 Å². The molecule has 0 N–H and O–H groups in total. The number of ether oxygens (including phenoxy) is 2. The predicted molar refractivity (Wildman–Crippen MR) is 117 cm³/mol. The van der Waals surface area contributed by atoms with Gasteiger partial charge in [0, 0.05) is 25.2 Å². The smallest absolute Gasteiger partial charge is 0.171 e. The van der Waals surface area contributed by atoms with Gasteiger partial charge in [-0.25, -0.2) is 0 Å². The van der Waals surface area contributed by atoms with E-state index >= 15 is 0 Å². The second-order valence-corrected chi connectivity index (χ2v) is 12.9. The fourth-order valence-electron chi connectivity index (χ4n) is 10.1. The third kappa shape index (κ3) is 2.54. The lowest BCUT2D eigenvalue weighted by Gasteiger charge is -2.60. The highest BCUT2D eigenvalue weighted by Crippen LogP contribution is 2.71. The number of carbonyl (C=O) groups is 1. The third-order valence-corrected chi connectivity index (χ3v) is 11.7. The van der Waals surface area contributed by atoms with Crippen LogP contribution in [0.3, 0.4) is 0 Å². The molecule has 168 valence electrons. The summed E-state index contributed by atoms with van der Waals surface area (Å²) < 4.78 is 13.4. The van der Waals surface area contributed by atoms with Crippen LogP contribution in [0.4, 0.5) is 0 Å². The molecule has 3 nitrogen and oxygen atoms in total. The van der Waals surface area contributed by atoms with E-state index in [2.05, 4.69) is 27.7 Å². The normalized spacial score (nSPS) is 60.1. The van der Waals surface area contributed by atoms with E-state index in [1.807, 2.05) is 0 Å². The van der Waals surface area contributed by atoms with Crippen LogP contribution in [0.5, 0.6) is 0 Å². The molecular formula is C27H42O3. The van der Waals surface area contributed by atoms with Gasteiger partial charge in [0.2, 0.25) is 0 Å². The number of ketones is 1. The molecule has 0 aromatic heterocycles. The molecule has 0 amide bonds. The molecule has 0 aromatic rings. The van der Waals surface area contributed by atoms with Gasteiger partial charge in [0.15, 0.2) is 5.79 Å². The van der Waals surface area contributed by atoms with Gasteiger partial charge in [0.25, 0.3) is 0 Å². The SMILES string of the molecule is C[C@H]1CC[C@@]2(OC1)O[C@H]1C[C@H]3[C@@H]4CC[C@H]5CC(=O)CC[C@]5(C)[C@H]4CC[C@]3(C)[C@H]1[C@H]2C. The Kier molecular flexibility index (Phi) is 4.42. The van der Waals surface area contributed by atoms with Crippen molar-refractivity contribution < 1.29 is 14.3 Å². The van der Waals surface area contributed by atoms with Gasteiger partial charge in [-0.2, -0.15) is 0 Å². The highest BCUT2D eigenvalue weighted by Gasteiger charge is 2.69. The van der Waals surface area contributed by atoms with Gasteiger partial charge in [-0.15, -0.1) is 0 Å². The molecule has 4 aliphatic carbocycles. The maximum Gasteiger partial charge on any atom is 0.171 e. The summed E-state index contributed by atoms with van der Waals surface area (Å²) in [5.41, 5.74) is 0.820. The number of Topliss-reactive ketones (excluding diaryl/α,β-unsaturated/α-hetero) is 1. The summed E-state index contributed by atoms with van der Waals surface area (Å²) in [5.74, 6) is 5.23. The molecule has 6 aliphatic rings. The van der Waals surface area contributed by atoms with Crippen molar-refractivity contribution in [3.8, 4) is 0 Å². The van der Waals surface area contributed by atoms with E-state index in [0.29, 0.717) is 46.4 Å². The van der Waals surface area contributed by atoms with Crippen LogP contribution >= 0.6 is 0 Å². The number of fused-ring (bicyclic) bond motifs is 7. The molecule has 2 saturated heterocycles. The van der Waals surface area contributed by atoms with Gasteiger partial charge in [-0.3, -0.25) is 4.79 Å². The van der Waals surface area contributed by atoms with E-state index in [4.69, 9.17) is 9.47 Å². The maximum absolute atomic E-state index is 12.2. The first-order chi connectivity index (χ1) is 14.3. The highest BCUT2D eigenvalue weighted by molar-refractivity contribution is 5.79. The second-order valence-electron chi connectivity index (χ2n) is 12.9. The van der Waals surface area contributed by atoms with Crippen molar-refractivity contribution in [2.24, 2.45) is 52.3 Å². The summed E-state index contributed by atoms with van der Waals surface area (Å²) in [6.45, 7) is 10.8. The molecule has 1 spiro atoms. The standard InChI is InChI=1S/C27H42O3/c1-16-7-12-27(29-15-16)17(2)24-23(30-27)14-22-20-6-5-18-13-19(28)8-10-25(18,3)21(20)9-11-26(22,24)4/h16-18,20-24H,5-15H2,1-4H3/t16-,17+,18-,20+,21-,22-,23-,24-,25-,26-,27+/m0/s1. The zero-order valence-electron chi connectivity index (χ0n) is 19.6. The van der Waals surface area contributed by atoms with Gasteiger partial charge < -0.3 is 9.47 Å². The third-order valence-electron chi connectivity index (χ3n) is 11.7. The summed E-state index contributed by atoms with van der Waals surface area (Å²) in [4.78, 5) is 12.2. The Labute approximate surface area is 183 Å². The van der Waals surface area contributed by atoms with Gasteiger partial charge in [-0.1, -0.05) is 27.7 Å². The maximum atomic E-state index is 12.2. The van der Waals surface area contributed by atoms with Crippen molar-refractivity contribution in [3.63, 3.8) is 0 Å². The Morgan fingerprint density at radius 1 is 0.933 bits per heavy atom. The molecule has 0 unspecified atom stereocenters. The second kappa shape index (κ2) is 6.56. The van der Waals surface area contributed by atoms with Gasteiger partial charge in [0.05, 0.1) is 12.7 Å². The fourth-order valence-corrected chi connectivity index (χ4v) is 10.1. The van der Waals surface area contributed by atoms with Gasteiger partial charge in [0.1, 0.15) is 5.78 Å². The largest absolute Gasteiger partial charge is 0.349 e. The molecule has 2 aliphatic heterocycles. The van der Waals surface area contributed by atoms with Gasteiger partial charge >= 0.3 is 0 Å². The average Bonchev–Trinajstić information content (AvgIpc) is 3.16. The van der Waals surface area contributed by atoms with E-state index in [9.17, 15) is 4.79 Å². The van der Waals surface area contributed by atoms with E-state index in [0.717, 1.165) is 50.0 Å². The van der Waals surface area contributed by atoms with E-state index in [1.165, 1.54) is 38.5 Å². The summed E-state index contributed by atoms with van der Waals surface area (Å²) >= 11 is 0. The molecule has 2 heterocycles. The minimum Gasteiger partial charge on any atom is -0.349 e. The van der Waals surface area contributed by atoms with Crippen LogP contribution < -0.4 is 0 Å². The van der Waals surface area contributed by atoms with Crippen LogP contribution in [-0.4, -0.2) is 24.3 Å². The van der Waals surface area contributed by atoms with Crippen molar-refractivity contribution in [2.75, 3.05) is 6.61 Å². The number of carbonyl (C=O) groups excluding carboxylic acids is 1. The minimum absolute atomic E-state index is 0.292. The number of hydrogen-bond acceptors (Lipinski definition) is 3. The van der Waals surface area contributed by atoms with Crippen LogP contribution in [0.1, 0.15) is 91.9 Å². The number of rotatable bonds is 0. The van der Waals surface area contributed by atoms with Crippen molar-refractivity contribution in [1.29, 1.82) is 0 Å². The molecule has 11 atom stereocenters. The van der Waals surface area contributed by atoms with E-state index < -0.39 is 0 Å². The zero-order chi connectivity index (χ0) is 20.9. The lowest BCUT2D eigenvalue weighted by molar-refractivity contribution is -0.273. The van der Waals surface area contributed by atoms with Crippen LogP contribution in [0.2, 0.25) is 0 Å². The first-order valence-corrected chi connectivity index (χ1v) is 13.1. The first kappa shape index (κ1) is 20.2. The minimum atomic E-state index is -0.292. The molecule has 0 radical (unpaired) electrons. The predicted octanol–water partition coefficient (Wildman–Crippen LogP) is 6.00. The summed E-state index contributed by atoms with van der Waals surface area (Å²) in [6.07, 6.45) is 12.2.